The zero-order valence-electron chi connectivity index (χ0n) is 11.1. The van der Waals surface area contributed by atoms with Gasteiger partial charge in [0.05, 0.1) is 11.5 Å². The van der Waals surface area contributed by atoms with Crippen molar-refractivity contribution in [3.05, 3.63) is 0 Å². The molecule has 1 atom stereocenters. The summed E-state index contributed by atoms with van der Waals surface area (Å²) in [5, 5.41) is 0.681. The fourth-order valence-corrected chi connectivity index (χ4v) is 5.73. The average molecular weight is 292 g/mol. The molecule has 6 heteroatoms. The molecule has 2 heterocycles. The van der Waals surface area contributed by atoms with E-state index in [-0.39, 0.29) is 5.54 Å². The van der Waals surface area contributed by atoms with Gasteiger partial charge in [0.25, 0.3) is 0 Å². The van der Waals surface area contributed by atoms with Gasteiger partial charge in [0.2, 0.25) is 0 Å². The fraction of sp³-hybridized carbons (Fsp3) is 1.00. The molecule has 0 aliphatic carbocycles. The van der Waals surface area contributed by atoms with Gasteiger partial charge in [-0.3, -0.25) is 4.90 Å². The zero-order chi connectivity index (χ0) is 13.2. The molecule has 0 aromatic heterocycles. The van der Waals surface area contributed by atoms with Gasteiger partial charge in [-0.2, -0.15) is 11.8 Å². The van der Waals surface area contributed by atoms with Crippen LogP contribution in [0.3, 0.4) is 0 Å². The summed E-state index contributed by atoms with van der Waals surface area (Å²) in [5.74, 6) is 1.77. The molecule has 0 aromatic carbocycles. The van der Waals surface area contributed by atoms with Gasteiger partial charge in [0, 0.05) is 36.2 Å². The SMILES string of the molecule is CCC1CN(C2(CN)CCS(=O)(=O)CC2)CCS1. The maximum Gasteiger partial charge on any atom is 0.150 e. The molecule has 18 heavy (non-hydrogen) atoms. The second-order valence-electron chi connectivity index (χ2n) is 5.43. The molecule has 4 nitrogen and oxygen atoms in total. The van der Waals surface area contributed by atoms with E-state index in [4.69, 9.17) is 5.73 Å². The van der Waals surface area contributed by atoms with E-state index >= 15 is 0 Å². The molecule has 2 rings (SSSR count). The van der Waals surface area contributed by atoms with E-state index in [0.29, 0.717) is 36.1 Å². The number of thioether (sulfide) groups is 1. The molecule has 0 saturated carbocycles. The molecule has 0 bridgehead atoms. The first kappa shape index (κ1) is 14.6. The highest BCUT2D eigenvalue weighted by atomic mass is 32.2. The monoisotopic (exact) mass is 292 g/mol. The second-order valence-corrected chi connectivity index (χ2v) is 9.14. The summed E-state index contributed by atoms with van der Waals surface area (Å²) in [5.41, 5.74) is 5.95. The summed E-state index contributed by atoms with van der Waals surface area (Å²) in [4.78, 5) is 2.48. The van der Waals surface area contributed by atoms with Gasteiger partial charge in [-0.05, 0) is 19.3 Å². The summed E-state index contributed by atoms with van der Waals surface area (Å²) in [6, 6.07) is 0. The van der Waals surface area contributed by atoms with Crippen molar-refractivity contribution in [3.8, 4) is 0 Å². The van der Waals surface area contributed by atoms with Crippen molar-refractivity contribution in [3.63, 3.8) is 0 Å². The number of sulfone groups is 1. The van der Waals surface area contributed by atoms with Crippen LogP contribution in [0.15, 0.2) is 0 Å². The average Bonchev–Trinajstić information content (AvgIpc) is 2.39. The molecule has 2 saturated heterocycles. The minimum atomic E-state index is -2.81. The lowest BCUT2D eigenvalue weighted by Crippen LogP contribution is -2.60. The predicted molar refractivity (Wildman–Crippen MR) is 77.8 cm³/mol. The third-order valence-corrected chi connectivity index (χ3v) is 7.43. The van der Waals surface area contributed by atoms with Crippen molar-refractivity contribution in [1.29, 1.82) is 0 Å². The van der Waals surface area contributed by atoms with Crippen LogP contribution in [0.4, 0.5) is 0 Å². The predicted octanol–water partition coefficient (Wildman–Crippen LogP) is 0.720. The largest absolute Gasteiger partial charge is 0.329 e. The lowest BCUT2D eigenvalue weighted by atomic mass is 9.89. The Balaban J connectivity index is 2.08. The van der Waals surface area contributed by atoms with Crippen LogP contribution in [0.1, 0.15) is 26.2 Å². The van der Waals surface area contributed by atoms with E-state index in [9.17, 15) is 8.42 Å². The number of nitrogens with two attached hydrogens (primary N) is 1. The van der Waals surface area contributed by atoms with E-state index in [2.05, 4.69) is 11.8 Å². The molecule has 2 fully saturated rings. The van der Waals surface area contributed by atoms with Crippen LogP contribution in [-0.2, 0) is 9.84 Å². The van der Waals surface area contributed by atoms with Gasteiger partial charge in [-0.15, -0.1) is 0 Å². The first-order chi connectivity index (χ1) is 8.51. The molecule has 0 amide bonds. The lowest BCUT2D eigenvalue weighted by molar-refractivity contribution is 0.0863. The van der Waals surface area contributed by atoms with Crippen molar-refractivity contribution in [2.24, 2.45) is 5.73 Å². The van der Waals surface area contributed by atoms with Crippen LogP contribution < -0.4 is 5.73 Å². The maximum absolute atomic E-state index is 11.6. The van der Waals surface area contributed by atoms with Crippen LogP contribution in [0.2, 0.25) is 0 Å². The Morgan fingerprint density at radius 1 is 1.39 bits per heavy atom. The Bertz CT molecular complexity index is 370. The second kappa shape index (κ2) is 5.69. The molecule has 0 spiro atoms. The van der Waals surface area contributed by atoms with Crippen molar-refractivity contribution in [1.82, 2.24) is 4.90 Å². The normalized spacial score (nSPS) is 32.2. The summed E-state index contributed by atoms with van der Waals surface area (Å²) in [7, 11) is -2.81. The number of hydrogen-bond donors (Lipinski definition) is 1. The Hall–Kier alpha value is 0.220. The third kappa shape index (κ3) is 3.03. The van der Waals surface area contributed by atoms with E-state index in [0.717, 1.165) is 18.8 Å². The number of nitrogens with zero attached hydrogens (tertiary/aromatic N) is 1. The van der Waals surface area contributed by atoms with Gasteiger partial charge in [0.15, 0.2) is 0 Å². The van der Waals surface area contributed by atoms with Crippen LogP contribution in [0.5, 0.6) is 0 Å². The van der Waals surface area contributed by atoms with Crippen molar-refractivity contribution < 1.29 is 8.42 Å². The lowest BCUT2D eigenvalue weighted by Gasteiger charge is -2.48. The van der Waals surface area contributed by atoms with Crippen LogP contribution in [-0.4, -0.2) is 61.0 Å². The van der Waals surface area contributed by atoms with Gasteiger partial charge < -0.3 is 5.73 Å². The molecular weight excluding hydrogens is 268 g/mol. The van der Waals surface area contributed by atoms with E-state index < -0.39 is 9.84 Å². The molecule has 106 valence electrons. The Morgan fingerprint density at radius 3 is 2.61 bits per heavy atom. The van der Waals surface area contributed by atoms with Crippen molar-refractivity contribution in [2.75, 3.05) is 36.9 Å². The van der Waals surface area contributed by atoms with Gasteiger partial charge in [-0.25, -0.2) is 8.42 Å². The molecule has 2 aliphatic rings. The van der Waals surface area contributed by atoms with Crippen molar-refractivity contribution in [2.45, 2.75) is 37.0 Å². The highest BCUT2D eigenvalue weighted by Gasteiger charge is 2.42. The van der Waals surface area contributed by atoms with E-state index in [1.165, 1.54) is 6.42 Å². The maximum atomic E-state index is 11.6. The Morgan fingerprint density at radius 2 is 2.06 bits per heavy atom. The van der Waals surface area contributed by atoms with Crippen LogP contribution >= 0.6 is 11.8 Å². The summed E-state index contributed by atoms with van der Waals surface area (Å²) >= 11 is 2.04. The van der Waals surface area contributed by atoms with Gasteiger partial charge in [0.1, 0.15) is 9.84 Å². The van der Waals surface area contributed by atoms with Crippen LogP contribution in [0, 0.1) is 0 Å². The quantitative estimate of drug-likeness (QED) is 0.830. The smallest absolute Gasteiger partial charge is 0.150 e. The molecule has 0 radical (unpaired) electrons. The first-order valence-corrected chi connectivity index (χ1v) is 9.65. The molecular formula is C12H24N2O2S2. The standard InChI is InChI=1S/C12H24N2O2S2/c1-2-11-9-14(5-6-17-11)12(10-13)3-7-18(15,16)8-4-12/h11H,2-10,13H2,1H3. The third-order valence-electron chi connectivity index (χ3n) is 4.40. The van der Waals surface area contributed by atoms with E-state index in [1.807, 2.05) is 11.8 Å². The number of rotatable bonds is 3. The Labute approximate surface area is 115 Å². The van der Waals surface area contributed by atoms with Crippen LogP contribution in [0.25, 0.3) is 0 Å². The summed E-state index contributed by atoms with van der Waals surface area (Å²) in [6.07, 6.45) is 2.61. The minimum Gasteiger partial charge on any atom is -0.329 e. The molecule has 0 aromatic rings. The summed E-state index contributed by atoms with van der Waals surface area (Å²) in [6.45, 7) is 4.93. The Kier molecular flexibility index (Phi) is 4.62. The van der Waals surface area contributed by atoms with Gasteiger partial charge in [-0.1, -0.05) is 6.92 Å². The molecule has 1 unspecified atom stereocenters. The highest BCUT2D eigenvalue weighted by Crippen LogP contribution is 2.33. The topological polar surface area (TPSA) is 63.4 Å². The highest BCUT2D eigenvalue weighted by molar-refractivity contribution is 8.00. The number of hydrogen-bond acceptors (Lipinski definition) is 5. The zero-order valence-corrected chi connectivity index (χ0v) is 12.7. The minimum absolute atomic E-state index is 0.0558. The molecule has 2 aliphatic heterocycles. The first-order valence-electron chi connectivity index (χ1n) is 6.78. The van der Waals surface area contributed by atoms with Crippen molar-refractivity contribution >= 4 is 21.6 Å². The summed E-state index contributed by atoms with van der Waals surface area (Å²) < 4.78 is 23.2. The molecule has 2 N–H and O–H groups in total. The fourth-order valence-electron chi connectivity index (χ4n) is 2.96. The van der Waals surface area contributed by atoms with Gasteiger partial charge >= 0.3 is 0 Å². The van der Waals surface area contributed by atoms with E-state index in [1.54, 1.807) is 0 Å².